The first-order chi connectivity index (χ1) is 14.8. The second kappa shape index (κ2) is 10.7. The van der Waals surface area contributed by atoms with Gasteiger partial charge in [0, 0.05) is 6.42 Å². The van der Waals surface area contributed by atoms with E-state index in [1.807, 2.05) is 58.9 Å². The fraction of sp³-hybridized carbons (Fsp3) is 0.478. The van der Waals surface area contributed by atoms with Gasteiger partial charge in [-0.05, 0) is 24.8 Å². The third-order valence-electron chi connectivity index (χ3n) is 5.06. The van der Waals surface area contributed by atoms with Gasteiger partial charge in [-0.2, -0.15) is 0 Å². The summed E-state index contributed by atoms with van der Waals surface area (Å²) in [6.07, 6.45) is 1.97. The van der Waals surface area contributed by atoms with E-state index in [2.05, 4.69) is 20.0 Å². The second-order valence-electron chi connectivity index (χ2n) is 7.56. The first-order valence-electron chi connectivity index (χ1n) is 10.6. The van der Waals surface area contributed by atoms with E-state index in [0.29, 0.717) is 5.82 Å². The van der Waals surface area contributed by atoms with Gasteiger partial charge in [-0.25, -0.2) is 9.78 Å². The monoisotopic (exact) mass is 428 g/mol. The summed E-state index contributed by atoms with van der Waals surface area (Å²) in [6.45, 7) is 9.88. The van der Waals surface area contributed by atoms with E-state index in [1.165, 1.54) is 12.0 Å². The topological polar surface area (TPSA) is 104 Å². The predicted molar refractivity (Wildman–Crippen MR) is 118 cm³/mol. The minimum Gasteiger partial charge on any atom is -0.469 e. The number of rotatable bonds is 7. The molecular weight excluding hydrogens is 396 g/mol. The number of esters is 1. The number of imide groups is 1. The maximum atomic E-state index is 12.9. The Balaban J connectivity index is 0.00000166. The number of benzene rings is 1. The van der Waals surface area contributed by atoms with E-state index in [0.717, 1.165) is 16.8 Å². The van der Waals surface area contributed by atoms with Crippen LogP contribution in [-0.2, 0) is 14.3 Å². The number of ether oxygens (including phenoxy) is 1. The Morgan fingerprint density at radius 1 is 1.19 bits per heavy atom. The number of urea groups is 1. The van der Waals surface area contributed by atoms with Crippen molar-refractivity contribution < 1.29 is 19.1 Å². The molecule has 2 N–H and O–H groups in total. The second-order valence-corrected chi connectivity index (χ2v) is 7.56. The zero-order chi connectivity index (χ0) is 23.1. The standard InChI is InChI=1S/C21H26N4O4.C2H6/c1-12(2)18(19-22-11-16(23-19)14-7-5-13(3)6-8-14)25-20(27)15(24-21(25)28)9-10-17(26)29-4;1-2/h5-8,11-12,15,18H,9-10H2,1-4H3,(H,22,23)(H,24,28);1-2H3/t15-,18?;/m1./s1. The van der Waals surface area contributed by atoms with Crippen molar-refractivity contribution in [3.8, 4) is 11.3 Å². The van der Waals surface area contributed by atoms with E-state index < -0.39 is 24.1 Å². The van der Waals surface area contributed by atoms with E-state index >= 15 is 0 Å². The molecule has 1 aliphatic rings. The molecule has 1 aliphatic heterocycles. The molecule has 1 aromatic heterocycles. The number of aromatic amines is 1. The van der Waals surface area contributed by atoms with Gasteiger partial charge in [0.05, 0.1) is 19.0 Å². The molecule has 1 unspecified atom stereocenters. The van der Waals surface area contributed by atoms with Crippen molar-refractivity contribution in [3.05, 3.63) is 41.9 Å². The van der Waals surface area contributed by atoms with Gasteiger partial charge in [0.2, 0.25) is 0 Å². The maximum absolute atomic E-state index is 12.9. The van der Waals surface area contributed by atoms with E-state index in [4.69, 9.17) is 0 Å². The van der Waals surface area contributed by atoms with Crippen LogP contribution in [0.25, 0.3) is 11.3 Å². The Kier molecular flexibility index (Phi) is 8.36. The molecule has 2 aromatic rings. The zero-order valence-corrected chi connectivity index (χ0v) is 19.1. The van der Waals surface area contributed by atoms with Gasteiger partial charge >= 0.3 is 12.0 Å². The van der Waals surface area contributed by atoms with Gasteiger partial charge in [0.25, 0.3) is 5.91 Å². The fourth-order valence-corrected chi connectivity index (χ4v) is 3.47. The Morgan fingerprint density at radius 3 is 2.42 bits per heavy atom. The average molecular weight is 429 g/mol. The van der Waals surface area contributed by atoms with Gasteiger partial charge < -0.3 is 15.0 Å². The number of carbonyl (C=O) groups is 3. The van der Waals surface area contributed by atoms with Crippen molar-refractivity contribution >= 4 is 17.9 Å². The Bertz CT molecular complexity index is 905. The minimum atomic E-state index is -0.741. The molecule has 168 valence electrons. The smallest absolute Gasteiger partial charge is 0.325 e. The number of imidazole rings is 1. The van der Waals surface area contributed by atoms with Crippen LogP contribution in [0.15, 0.2) is 30.5 Å². The highest BCUT2D eigenvalue weighted by Crippen LogP contribution is 2.31. The zero-order valence-electron chi connectivity index (χ0n) is 19.1. The van der Waals surface area contributed by atoms with Crippen LogP contribution in [0.5, 0.6) is 0 Å². The van der Waals surface area contributed by atoms with E-state index in [-0.39, 0.29) is 24.7 Å². The number of aryl methyl sites for hydroxylation is 1. The average Bonchev–Trinajstić information content (AvgIpc) is 3.34. The summed E-state index contributed by atoms with van der Waals surface area (Å²) in [5.74, 6) is -0.278. The predicted octanol–water partition coefficient (Wildman–Crippen LogP) is 3.98. The van der Waals surface area contributed by atoms with Crippen molar-refractivity contribution in [3.63, 3.8) is 0 Å². The summed E-state index contributed by atoms with van der Waals surface area (Å²) in [5, 5.41) is 2.67. The molecule has 3 amide bonds. The lowest BCUT2D eigenvalue weighted by atomic mass is 10.0. The fourth-order valence-electron chi connectivity index (χ4n) is 3.47. The molecule has 0 saturated carbocycles. The normalized spacial score (nSPS) is 16.6. The third kappa shape index (κ3) is 5.51. The molecule has 8 heteroatoms. The lowest BCUT2D eigenvalue weighted by molar-refractivity contribution is -0.141. The number of methoxy groups -OCH3 is 1. The summed E-state index contributed by atoms with van der Waals surface area (Å²) in [4.78, 5) is 45.8. The highest BCUT2D eigenvalue weighted by Gasteiger charge is 2.44. The lowest BCUT2D eigenvalue weighted by Crippen LogP contribution is -2.38. The number of aromatic nitrogens is 2. The van der Waals surface area contributed by atoms with Crippen LogP contribution < -0.4 is 5.32 Å². The molecule has 0 spiro atoms. The van der Waals surface area contributed by atoms with Crippen LogP contribution >= 0.6 is 0 Å². The van der Waals surface area contributed by atoms with Crippen LogP contribution in [-0.4, -0.2) is 45.9 Å². The van der Waals surface area contributed by atoms with Crippen molar-refractivity contribution in [2.24, 2.45) is 5.92 Å². The van der Waals surface area contributed by atoms with Gasteiger partial charge in [-0.15, -0.1) is 0 Å². The minimum absolute atomic E-state index is 0.0546. The largest absolute Gasteiger partial charge is 0.469 e. The van der Waals surface area contributed by atoms with Crippen LogP contribution in [0.2, 0.25) is 0 Å². The number of nitrogens with one attached hydrogen (secondary N) is 2. The molecule has 0 radical (unpaired) electrons. The molecular formula is C23H32N4O4. The van der Waals surface area contributed by atoms with Crippen LogP contribution in [0.3, 0.4) is 0 Å². The Morgan fingerprint density at radius 2 is 1.84 bits per heavy atom. The summed E-state index contributed by atoms with van der Waals surface area (Å²) in [7, 11) is 1.29. The van der Waals surface area contributed by atoms with Crippen LogP contribution in [0, 0.1) is 12.8 Å². The molecule has 31 heavy (non-hydrogen) atoms. The molecule has 0 bridgehead atoms. The SMILES string of the molecule is CC.COC(=O)CC[C@H]1NC(=O)N(C(c2ncc(-c3ccc(C)cc3)[nH]2)C(C)C)C1=O. The van der Waals surface area contributed by atoms with Crippen LogP contribution in [0.1, 0.15) is 58.0 Å². The van der Waals surface area contributed by atoms with Gasteiger partial charge in [0.1, 0.15) is 17.9 Å². The molecule has 0 aliphatic carbocycles. The van der Waals surface area contributed by atoms with Crippen molar-refractivity contribution in [1.29, 1.82) is 0 Å². The summed E-state index contributed by atoms with van der Waals surface area (Å²) >= 11 is 0. The van der Waals surface area contributed by atoms with Gasteiger partial charge in [0.15, 0.2) is 0 Å². The van der Waals surface area contributed by atoms with Gasteiger partial charge in [-0.3, -0.25) is 14.5 Å². The molecule has 1 fully saturated rings. The van der Waals surface area contributed by atoms with E-state index in [1.54, 1.807) is 6.20 Å². The Hall–Kier alpha value is -3.16. The number of hydrogen-bond acceptors (Lipinski definition) is 5. The summed E-state index contributed by atoms with van der Waals surface area (Å²) in [5.41, 5.74) is 2.95. The lowest BCUT2D eigenvalue weighted by Gasteiger charge is -2.27. The Labute approximate surface area is 183 Å². The number of H-pyrrole nitrogens is 1. The van der Waals surface area contributed by atoms with Gasteiger partial charge in [-0.1, -0.05) is 57.5 Å². The number of hydrogen-bond donors (Lipinski definition) is 2. The number of amides is 3. The quantitative estimate of drug-likeness (QED) is 0.513. The van der Waals surface area contributed by atoms with Crippen LogP contribution in [0.4, 0.5) is 4.79 Å². The summed E-state index contributed by atoms with van der Waals surface area (Å²) in [6, 6.07) is 6.26. The molecule has 1 saturated heterocycles. The van der Waals surface area contributed by atoms with Crippen molar-refractivity contribution in [2.75, 3.05) is 7.11 Å². The molecule has 2 atom stereocenters. The third-order valence-corrected chi connectivity index (χ3v) is 5.06. The molecule has 3 rings (SSSR count). The molecule has 8 nitrogen and oxygen atoms in total. The van der Waals surface area contributed by atoms with Crippen molar-refractivity contribution in [2.45, 2.75) is 59.5 Å². The van der Waals surface area contributed by atoms with E-state index in [9.17, 15) is 14.4 Å². The highest BCUT2D eigenvalue weighted by atomic mass is 16.5. The molecule has 2 heterocycles. The first-order valence-corrected chi connectivity index (χ1v) is 10.6. The molecule has 1 aromatic carbocycles. The van der Waals surface area contributed by atoms with Crippen molar-refractivity contribution in [1.82, 2.24) is 20.2 Å². The highest BCUT2D eigenvalue weighted by molar-refractivity contribution is 6.04. The number of nitrogens with zero attached hydrogens (tertiary/aromatic N) is 2. The summed E-state index contributed by atoms with van der Waals surface area (Å²) < 4.78 is 4.61. The maximum Gasteiger partial charge on any atom is 0.325 e. The number of carbonyl (C=O) groups excluding carboxylic acids is 3. The first kappa shape index (κ1) is 24.1.